The van der Waals surface area contributed by atoms with E-state index in [9.17, 15) is 4.79 Å². The van der Waals surface area contributed by atoms with Crippen molar-refractivity contribution < 1.29 is 0 Å². The van der Waals surface area contributed by atoms with Crippen LogP contribution in [0.1, 0.15) is 5.69 Å². The number of hydrogen-bond acceptors (Lipinski definition) is 4. The van der Waals surface area contributed by atoms with Gasteiger partial charge < -0.3 is 16.0 Å². The number of H-pyrrole nitrogens is 1. The van der Waals surface area contributed by atoms with Crippen LogP contribution in [0.2, 0.25) is 0 Å². The molecule has 5 heteroatoms. The molecule has 60 valence electrons. The van der Waals surface area contributed by atoms with Gasteiger partial charge in [0.25, 0.3) is 0 Å². The van der Waals surface area contributed by atoms with Gasteiger partial charge in [-0.15, -0.1) is 0 Å². The van der Waals surface area contributed by atoms with Gasteiger partial charge in [-0.05, 0) is 7.05 Å². The summed E-state index contributed by atoms with van der Waals surface area (Å²) in [4.78, 5) is 16.7. The molecule has 0 amide bonds. The quantitative estimate of drug-likeness (QED) is 0.514. The Morgan fingerprint density at radius 2 is 2.55 bits per heavy atom. The summed E-state index contributed by atoms with van der Waals surface area (Å²) in [5, 5.41) is 2.88. The molecule has 0 aromatic carbocycles. The van der Waals surface area contributed by atoms with Crippen LogP contribution in [0.25, 0.3) is 0 Å². The number of hydrogen-bond donors (Lipinski definition) is 3. The van der Waals surface area contributed by atoms with E-state index in [4.69, 9.17) is 5.73 Å². The molecule has 11 heavy (non-hydrogen) atoms. The molecular weight excluding hydrogens is 144 g/mol. The number of nitrogen functional groups attached to an aromatic ring is 1. The lowest BCUT2D eigenvalue weighted by Gasteiger charge is -1.98. The fourth-order valence-corrected chi connectivity index (χ4v) is 0.815. The van der Waals surface area contributed by atoms with Crippen LogP contribution in [0.5, 0.6) is 0 Å². The minimum absolute atomic E-state index is 0.249. The summed E-state index contributed by atoms with van der Waals surface area (Å²) in [6.07, 6.45) is 0. The Hall–Kier alpha value is -1.36. The molecule has 0 fully saturated rings. The third kappa shape index (κ3) is 2.05. The third-order valence-corrected chi connectivity index (χ3v) is 1.19. The Morgan fingerprint density at radius 3 is 3.09 bits per heavy atom. The van der Waals surface area contributed by atoms with E-state index in [1.807, 2.05) is 0 Å². The summed E-state index contributed by atoms with van der Waals surface area (Å²) >= 11 is 0. The monoisotopic (exact) mass is 154 g/mol. The molecule has 0 saturated carbocycles. The van der Waals surface area contributed by atoms with Crippen molar-refractivity contribution in [1.29, 1.82) is 0 Å². The zero-order chi connectivity index (χ0) is 8.27. The first-order chi connectivity index (χ1) is 5.22. The van der Waals surface area contributed by atoms with E-state index in [1.165, 1.54) is 0 Å². The average molecular weight is 154 g/mol. The largest absolute Gasteiger partial charge is 0.383 e. The van der Waals surface area contributed by atoms with E-state index >= 15 is 0 Å². The second-order valence-corrected chi connectivity index (χ2v) is 2.17. The van der Waals surface area contributed by atoms with Crippen molar-refractivity contribution in [3.8, 4) is 0 Å². The molecule has 1 rings (SSSR count). The molecular formula is C6H10N4O. The number of nitrogens with zero attached hydrogens (tertiary/aromatic N) is 1. The maximum Gasteiger partial charge on any atom is 0.347 e. The van der Waals surface area contributed by atoms with Gasteiger partial charge in [-0.1, -0.05) is 0 Å². The Morgan fingerprint density at radius 1 is 1.82 bits per heavy atom. The van der Waals surface area contributed by atoms with E-state index in [2.05, 4.69) is 15.3 Å². The average Bonchev–Trinajstić information content (AvgIpc) is 1.85. The lowest BCUT2D eigenvalue weighted by molar-refractivity contribution is 0.780. The zero-order valence-corrected chi connectivity index (χ0v) is 6.22. The van der Waals surface area contributed by atoms with Crippen LogP contribution in [0.4, 0.5) is 5.82 Å². The van der Waals surface area contributed by atoms with Gasteiger partial charge in [0.05, 0.1) is 0 Å². The summed E-state index contributed by atoms with van der Waals surface area (Å²) in [6, 6.07) is 1.62. The van der Waals surface area contributed by atoms with Crippen LogP contribution < -0.4 is 16.7 Å². The minimum Gasteiger partial charge on any atom is -0.383 e. The van der Waals surface area contributed by atoms with Gasteiger partial charge in [-0.2, -0.15) is 4.98 Å². The first-order valence-corrected chi connectivity index (χ1v) is 3.22. The topological polar surface area (TPSA) is 83.8 Å². The number of aromatic nitrogens is 2. The van der Waals surface area contributed by atoms with Crippen LogP contribution in [-0.2, 0) is 6.54 Å². The number of nitrogens with one attached hydrogen (secondary N) is 2. The van der Waals surface area contributed by atoms with E-state index in [-0.39, 0.29) is 5.82 Å². The fraction of sp³-hybridized carbons (Fsp3) is 0.333. The normalized spacial score (nSPS) is 9.91. The van der Waals surface area contributed by atoms with Crippen LogP contribution in [0, 0.1) is 0 Å². The molecule has 0 atom stereocenters. The summed E-state index contributed by atoms with van der Waals surface area (Å²) in [5.74, 6) is 0.249. The molecule has 5 nitrogen and oxygen atoms in total. The van der Waals surface area contributed by atoms with Gasteiger partial charge in [0.1, 0.15) is 5.82 Å². The molecule has 0 unspecified atom stereocenters. The predicted octanol–water partition coefficient (Wildman–Crippen LogP) is -0.929. The SMILES string of the molecule is CNCc1cc(N)nc(=O)[nH]1. The second-order valence-electron chi connectivity index (χ2n) is 2.17. The summed E-state index contributed by atoms with van der Waals surface area (Å²) < 4.78 is 0. The molecule has 0 saturated heterocycles. The predicted molar refractivity (Wildman–Crippen MR) is 42.0 cm³/mol. The lowest BCUT2D eigenvalue weighted by atomic mass is 10.4. The van der Waals surface area contributed by atoms with Crippen molar-refractivity contribution in [1.82, 2.24) is 15.3 Å². The van der Waals surface area contributed by atoms with Crippen molar-refractivity contribution in [2.45, 2.75) is 6.54 Å². The zero-order valence-electron chi connectivity index (χ0n) is 6.22. The number of nitrogens with two attached hydrogens (primary N) is 1. The highest BCUT2D eigenvalue weighted by atomic mass is 16.1. The molecule has 0 aliphatic rings. The van der Waals surface area contributed by atoms with Crippen molar-refractivity contribution in [3.63, 3.8) is 0 Å². The van der Waals surface area contributed by atoms with Crippen LogP contribution in [-0.4, -0.2) is 17.0 Å². The van der Waals surface area contributed by atoms with Crippen LogP contribution in [0.15, 0.2) is 10.9 Å². The van der Waals surface area contributed by atoms with Crippen molar-refractivity contribution in [2.75, 3.05) is 12.8 Å². The minimum atomic E-state index is -0.407. The van der Waals surface area contributed by atoms with E-state index < -0.39 is 5.69 Å². The maximum absolute atomic E-state index is 10.7. The standard InChI is InChI=1S/C6H10N4O/c1-8-3-4-2-5(7)10-6(11)9-4/h2,8H,3H2,1H3,(H3,7,9,10,11). The molecule has 0 aliphatic heterocycles. The van der Waals surface area contributed by atoms with E-state index in [0.717, 1.165) is 5.69 Å². The molecule has 0 bridgehead atoms. The Kier molecular flexibility index (Phi) is 2.22. The lowest BCUT2D eigenvalue weighted by Crippen LogP contribution is -2.17. The van der Waals surface area contributed by atoms with E-state index in [0.29, 0.717) is 6.54 Å². The number of rotatable bonds is 2. The molecule has 0 spiro atoms. The Labute approximate surface area is 63.7 Å². The third-order valence-electron chi connectivity index (χ3n) is 1.19. The molecule has 1 heterocycles. The van der Waals surface area contributed by atoms with Gasteiger partial charge in [0.2, 0.25) is 0 Å². The summed E-state index contributed by atoms with van der Waals surface area (Å²) in [6.45, 7) is 0.585. The molecule has 1 aromatic heterocycles. The smallest absolute Gasteiger partial charge is 0.347 e. The van der Waals surface area contributed by atoms with Crippen molar-refractivity contribution in [2.24, 2.45) is 0 Å². The van der Waals surface area contributed by atoms with Gasteiger partial charge in [-0.25, -0.2) is 4.79 Å². The van der Waals surface area contributed by atoms with Gasteiger partial charge in [0, 0.05) is 18.3 Å². The van der Waals surface area contributed by atoms with Gasteiger partial charge in [0.15, 0.2) is 0 Å². The summed E-state index contributed by atoms with van der Waals surface area (Å²) in [7, 11) is 1.79. The summed E-state index contributed by atoms with van der Waals surface area (Å²) in [5.41, 5.74) is 5.66. The van der Waals surface area contributed by atoms with Crippen molar-refractivity contribution in [3.05, 3.63) is 22.2 Å². The number of anilines is 1. The highest BCUT2D eigenvalue weighted by Crippen LogP contribution is 1.94. The molecule has 1 aromatic rings. The highest BCUT2D eigenvalue weighted by molar-refractivity contribution is 5.27. The molecule has 0 aliphatic carbocycles. The number of aromatic amines is 1. The van der Waals surface area contributed by atoms with Gasteiger partial charge in [-0.3, -0.25) is 0 Å². The first kappa shape index (κ1) is 7.74. The first-order valence-electron chi connectivity index (χ1n) is 3.22. The highest BCUT2D eigenvalue weighted by Gasteiger charge is 1.94. The fourth-order valence-electron chi connectivity index (χ4n) is 0.815. The molecule has 0 radical (unpaired) electrons. The second kappa shape index (κ2) is 3.16. The van der Waals surface area contributed by atoms with Gasteiger partial charge >= 0.3 is 5.69 Å². The Bertz CT molecular complexity index is 293. The van der Waals surface area contributed by atoms with Crippen LogP contribution in [0.3, 0.4) is 0 Å². The maximum atomic E-state index is 10.7. The van der Waals surface area contributed by atoms with Crippen molar-refractivity contribution >= 4 is 5.82 Å². The Balaban J connectivity index is 2.99. The van der Waals surface area contributed by atoms with E-state index in [1.54, 1.807) is 13.1 Å². The van der Waals surface area contributed by atoms with Crippen LogP contribution >= 0.6 is 0 Å². The molecule has 4 N–H and O–H groups in total.